The molecule has 0 spiro atoms. The summed E-state index contributed by atoms with van der Waals surface area (Å²) in [5.41, 5.74) is 9.76. The van der Waals surface area contributed by atoms with Crippen LogP contribution < -0.4 is 4.74 Å². The van der Waals surface area contributed by atoms with E-state index in [0.29, 0.717) is 0 Å². The molecule has 0 aromatic heterocycles. The smallest absolute Gasteiger partial charge is 0.118 e. The van der Waals surface area contributed by atoms with Gasteiger partial charge in [0.15, 0.2) is 0 Å². The van der Waals surface area contributed by atoms with E-state index in [1.807, 2.05) is 0 Å². The molecule has 13 aromatic carbocycles. The lowest BCUT2D eigenvalue weighted by Gasteiger charge is -2.20. The highest BCUT2D eigenvalue weighted by Gasteiger charge is 2.21. The zero-order chi connectivity index (χ0) is 39.5. The third kappa shape index (κ3) is 4.75. The minimum absolute atomic E-state index is 0.854. The summed E-state index contributed by atoms with van der Waals surface area (Å²) in [6.45, 7) is 0. The molecule has 0 atom stereocenters. The van der Waals surface area contributed by atoms with E-state index in [-0.39, 0.29) is 0 Å². The first-order valence-corrected chi connectivity index (χ1v) is 20.8. The standard InChI is InChI=1S/C59H36O/c1-60-45-26-20-39(21-27-45)56-48-12-2-4-14-50(48)57(51-15-5-3-13-49(51)56)44-33-42(46-28-22-40-18-16-35-8-6-10-37-24-30-52(46)58(40)54(35)37)32-43(34-44)47-29-23-41-19-17-36-9-7-11-38-25-31-53(47)59(41)55(36)38/h2-34H,1H3. The van der Waals surface area contributed by atoms with Crippen LogP contribution in [0.5, 0.6) is 5.75 Å². The van der Waals surface area contributed by atoms with Crippen LogP contribution >= 0.6 is 0 Å². The fraction of sp³-hybridized carbons (Fsp3) is 0.0169. The van der Waals surface area contributed by atoms with Crippen molar-refractivity contribution in [2.45, 2.75) is 0 Å². The first-order chi connectivity index (χ1) is 29.7. The summed E-state index contributed by atoms with van der Waals surface area (Å²) in [7, 11) is 1.72. The Bertz CT molecular complexity index is 3600. The van der Waals surface area contributed by atoms with E-state index >= 15 is 0 Å². The van der Waals surface area contributed by atoms with Crippen LogP contribution in [0, 0.1) is 0 Å². The molecule has 1 nitrogen and oxygen atoms in total. The van der Waals surface area contributed by atoms with Gasteiger partial charge in [0.1, 0.15) is 5.75 Å². The van der Waals surface area contributed by atoms with Gasteiger partial charge < -0.3 is 4.74 Å². The molecule has 0 heterocycles. The molecule has 0 fully saturated rings. The lowest BCUT2D eigenvalue weighted by atomic mass is 9.83. The molecular weight excluding hydrogens is 725 g/mol. The first-order valence-electron chi connectivity index (χ1n) is 20.8. The number of hydrogen-bond donors (Lipinski definition) is 0. The predicted molar refractivity (Wildman–Crippen MR) is 257 cm³/mol. The van der Waals surface area contributed by atoms with Crippen LogP contribution in [0.25, 0.3) is 131 Å². The van der Waals surface area contributed by atoms with Gasteiger partial charge in [-0.15, -0.1) is 0 Å². The van der Waals surface area contributed by atoms with Gasteiger partial charge in [-0.3, -0.25) is 0 Å². The highest BCUT2D eigenvalue weighted by Crippen LogP contribution is 2.48. The Balaban J connectivity index is 1.15. The van der Waals surface area contributed by atoms with Crippen molar-refractivity contribution in [1.82, 2.24) is 0 Å². The van der Waals surface area contributed by atoms with Gasteiger partial charge in [-0.25, -0.2) is 0 Å². The van der Waals surface area contributed by atoms with E-state index < -0.39 is 0 Å². The van der Waals surface area contributed by atoms with Crippen LogP contribution in [-0.4, -0.2) is 7.11 Å². The van der Waals surface area contributed by atoms with E-state index in [9.17, 15) is 0 Å². The average Bonchev–Trinajstić information content (AvgIpc) is 3.31. The highest BCUT2D eigenvalue weighted by molar-refractivity contribution is 6.28. The molecule has 0 aliphatic heterocycles. The van der Waals surface area contributed by atoms with Gasteiger partial charge in [-0.2, -0.15) is 0 Å². The fourth-order valence-electron chi connectivity index (χ4n) is 10.6. The topological polar surface area (TPSA) is 9.23 Å². The molecule has 0 aliphatic carbocycles. The van der Waals surface area contributed by atoms with Crippen molar-refractivity contribution in [3.63, 3.8) is 0 Å². The van der Waals surface area contributed by atoms with Gasteiger partial charge in [0.2, 0.25) is 0 Å². The van der Waals surface area contributed by atoms with Crippen LogP contribution in [0.15, 0.2) is 200 Å². The molecule has 1 heteroatoms. The van der Waals surface area contributed by atoms with Gasteiger partial charge >= 0.3 is 0 Å². The Morgan fingerprint density at radius 3 is 1.07 bits per heavy atom. The van der Waals surface area contributed by atoms with Crippen LogP contribution in [0.1, 0.15) is 0 Å². The summed E-state index contributed by atoms with van der Waals surface area (Å²) in [6.07, 6.45) is 0. The maximum absolute atomic E-state index is 5.57. The summed E-state index contributed by atoms with van der Waals surface area (Å²) in [5, 5.41) is 20.5. The number of rotatable bonds is 5. The van der Waals surface area contributed by atoms with Crippen molar-refractivity contribution in [3.8, 4) is 50.3 Å². The summed E-state index contributed by atoms with van der Waals surface area (Å²) in [4.78, 5) is 0. The Labute approximate surface area is 347 Å². The fourth-order valence-corrected chi connectivity index (χ4v) is 10.6. The molecular formula is C59H36O. The summed E-state index contributed by atoms with van der Waals surface area (Å²) in [6, 6.07) is 74.8. The first kappa shape index (κ1) is 33.3. The second-order valence-corrected chi connectivity index (χ2v) is 16.3. The van der Waals surface area contributed by atoms with Crippen LogP contribution in [0.2, 0.25) is 0 Å². The molecule has 0 aliphatic rings. The molecule has 13 aromatic rings. The van der Waals surface area contributed by atoms with Gasteiger partial charge in [0, 0.05) is 0 Å². The highest BCUT2D eigenvalue weighted by atomic mass is 16.5. The molecule has 0 radical (unpaired) electrons. The van der Waals surface area contributed by atoms with Crippen LogP contribution in [0.4, 0.5) is 0 Å². The van der Waals surface area contributed by atoms with Crippen molar-refractivity contribution in [2.75, 3.05) is 7.11 Å². The van der Waals surface area contributed by atoms with E-state index in [1.54, 1.807) is 7.11 Å². The third-order valence-electron chi connectivity index (χ3n) is 13.2. The Hall–Kier alpha value is -7.74. The van der Waals surface area contributed by atoms with E-state index in [0.717, 1.165) is 5.75 Å². The minimum atomic E-state index is 0.854. The third-order valence-corrected chi connectivity index (χ3v) is 13.2. The number of methoxy groups -OCH3 is 1. The molecule has 278 valence electrons. The van der Waals surface area contributed by atoms with Crippen molar-refractivity contribution in [2.24, 2.45) is 0 Å². The van der Waals surface area contributed by atoms with E-state index in [1.165, 1.54) is 131 Å². The number of benzene rings is 13. The molecule has 60 heavy (non-hydrogen) atoms. The molecule has 0 N–H and O–H groups in total. The van der Waals surface area contributed by atoms with Crippen LogP contribution in [0.3, 0.4) is 0 Å². The zero-order valence-electron chi connectivity index (χ0n) is 33.0. The molecule has 0 unspecified atom stereocenters. The number of hydrogen-bond acceptors (Lipinski definition) is 1. The maximum Gasteiger partial charge on any atom is 0.118 e. The van der Waals surface area contributed by atoms with Crippen molar-refractivity contribution < 1.29 is 4.74 Å². The molecule has 0 saturated heterocycles. The lowest BCUT2D eigenvalue weighted by molar-refractivity contribution is 0.415. The van der Waals surface area contributed by atoms with E-state index in [2.05, 4.69) is 200 Å². The Kier molecular flexibility index (Phi) is 7.00. The van der Waals surface area contributed by atoms with Gasteiger partial charge in [0.25, 0.3) is 0 Å². The second-order valence-electron chi connectivity index (χ2n) is 16.3. The van der Waals surface area contributed by atoms with Gasteiger partial charge in [0.05, 0.1) is 7.11 Å². The molecule has 0 saturated carbocycles. The maximum atomic E-state index is 5.57. The summed E-state index contributed by atoms with van der Waals surface area (Å²) >= 11 is 0. The summed E-state index contributed by atoms with van der Waals surface area (Å²) < 4.78 is 5.57. The SMILES string of the molecule is COc1ccc(-c2c3ccccc3c(-c3cc(-c4ccc5ccc6cccc7ccc4c5c67)cc(-c4ccc5ccc6cccc7ccc4c5c67)c3)c3ccccc23)cc1. The quantitative estimate of drug-likeness (QED) is 0.125. The normalized spacial score (nSPS) is 12.1. The number of ether oxygens (including phenoxy) is 1. The zero-order valence-corrected chi connectivity index (χ0v) is 33.0. The Morgan fingerprint density at radius 2 is 0.633 bits per heavy atom. The van der Waals surface area contributed by atoms with Crippen molar-refractivity contribution in [3.05, 3.63) is 200 Å². The molecule has 0 amide bonds. The summed E-state index contributed by atoms with van der Waals surface area (Å²) in [5.74, 6) is 0.854. The van der Waals surface area contributed by atoms with Gasteiger partial charge in [-0.1, -0.05) is 170 Å². The van der Waals surface area contributed by atoms with Crippen molar-refractivity contribution in [1.29, 1.82) is 0 Å². The Morgan fingerprint density at radius 1 is 0.267 bits per heavy atom. The minimum Gasteiger partial charge on any atom is -0.497 e. The van der Waals surface area contributed by atoms with Crippen LogP contribution in [-0.2, 0) is 0 Å². The molecule has 13 rings (SSSR count). The number of fused-ring (bicyclic) bond motifs is 2. The lowest BCUT2D eigenvalue weighted by Crippen LogP contribution is -1.93. The second kappa shape index (κ2) is 12.6. The largest absolute Gasteiger partial charge is 0.497 e. The van der Waals surface area contributed by atoms with E-state index in [4.69, 9.17) is 4.74 Å². The monoisotopic (exact) mass is 760 g/mol. The average molecular weight is 761 g/mol. The molecule has 0 bridgehead atoms. The van der Waals surface area contributed by atoms with Gasteiger partial charge in [-0.05, 0) is 161 Å². The predicted octanol–water partition coefficient (Wildman–Crippen LogP) is 16.5. The van der Waals surface area contributed by atoms with Crippen molar-refractivity contribution >= 4 is 86.2 Å².